The second-order valence-corrected chi connectivity index (χ2v) is 5.80. The van der Waals surface area contributed by atoms with E-state index in [1.807, 2.05) is 24.3 Å². The standard InChI is InChI=1S/C15H21BrN2O/c1-2-18(12-7-9-17-10-8-12)11-15(19)13-5-3-4-6-14(13)16/h3-6,12,17H,2,7-11H2,1H3. The van der Waals surface area contributed by atoms with Crippen molar-refractivity contribution >= 4 is 21.7 Å². The molecule has 0 aromatic heterocycles. The summed E-state index contributed by atoms with van der Waals surface area (Å²) in [4.78, 5) is 14.7. The third-order valence-electron chi connectivity index (χ3n) is 3.75. The molecule has 1 aromatic rings. The predicted molar refractivity (Wildman–Crippen MR) is 81.6 cm³/mol. The highest BCUT2D eigenvalue weighted by molar-refractivity contribution is 9.10. The summed E-state index contributed by atoms with van der Waals surface area (Å²) < 4.78 is 0.890. The molecular formula is C15H21BrN2O. The molecule has 0 atom stereocenters. The highest BCUT2D eigenvalue weighted by atomic mass is 79.9. The molecule has 3 nitrogen and oxygen atoms in total. The van der Waals surface area contributed by atoms with Gasteiger partial charge in [-0.1, -0.05) is 41.1 Å². The maximum absolute atomic E-state index is 12.4. The van der Waals surface area contributed by atoms with Crippen molar-refractivity contribution < 1.29 is 4.79 Å². The number of nitrogens with one attached hydrogen (secondary N) is 1. The third kappa shape index (κ3) is 3.88. The molecule has 1 aliphatic heterocycles. The largest absolute Gasteiger partial charge is 0.317 e. The molecule has 0 saturated carbocycles. The Kier molecular flexibility index (Phi) is 5.55. The third-order valence-corrected chi connectivity index (χ3v) is 4.44. The van der Waals surface area contributed by atoms with Gasteiger partial charge in [0.15, 0.2) is 5.78 Å². The topological polar surface area (TPSA) is 32.3 Å². The maximum atomic E-state index is 12.4. The Labute approximate surface area is 123 Å². The lowest BCUT2D eigenvalue weighted by Crippen LogP contribution is -2.45. The van der Waals surface area contributed by atoms with Crippen LogP contribution in [0.5, 0.6) is 0 Å². The number of carbonyl (C=O) groups is 1. The Hall–Kier alpha value is -0.710. The molecule has 0 bridgehead atoms. The van der Waals surface area contributed by atoms with Crippen LogP contribution in [0.1, 0.15) is 30.1 Å². The van der Waals surface area contributed by atoms with Crippen LogP contribution in [0.4, 0.5) is 0 Å². The molecule has 1 heterocycles. The van der Waals surface area contributed by atoms with Crippen molar-refractivity contribution in [3.8, 4) is 0 Å². The summed E-state index contributed by atoms with van der Waals surface area (Å²) in [5.41, 5.74) is 0.787. The summed E-state index contributed by atoms with van der Waals surface area (Å²) in [5.74, 6) is 0.202. The van der Waals surface area contributed by atoms with Crippen LogP contribution in [-0.4, -0.2) is 42.9 Å². The summed E-state index contributed by atoms with van der Waals surface area (Å²) in [6.07, 6.45) is 2.27. The SMILES string of the molecule is CCN(CC(=O)c1ccccc1Br)C1CCNCC1. The van der Waals surface area contributed by atoms with E-state index < -0.39 is 0 Å². The zero-order valence-corrected chi connectivity index (χ0v) is 12.9. The summed E-state index contributed by atoms with van der Waals surface area (Å²) in [7, 11) is 0. The average molecular weight is 325 g/mol. The Morgan fingerprint density at radius 2 is 2.05 bits per heavy atom. The summed E-state index contributed by atoms with van der Waals surface area (Å²) >= 11 is 3.46. The molecule has 1 N–H and O–H groups in total. The monoisotopic (exact) mass is 324 g/mol. The van der Waals surface area contributed by atoms with Crippen LogP contribution in [0.3, 0.4) is 0 Å². The van der Waals surface area contributed by atoms with Crippen molar-refractivity contribution in [3.63, 3.8) is 0 Å². The molecule has 1 aromatic carbocycles. The predicted octanol–water partition coefficient (Wildman–Crippen LogP) is 2.71. The van der Waals surface area contributed by atoms with Crippen LogP contribution < -0.4 is 5.32 Å². The Balaban J connectivity index is 2.01. The van der Waals surface area contributed by atoms with Crippen LogP contribution in [0, 0.1) is 0 Å². The van der Waals surface area contributed by atoms with Crippen LogP contribution in [0.15, 0.2) is 28.7 Å². The molecular weight excluding hydrogens is 304 g/mol. The molecule has 1 fully saturated rings. The number of benzene rings is 1. The van der Waals surface area contributed by atoms with Crippen LogP contribution in [0.25, 0.3) is 0 Å². The number of carbonyl (C=O) groups excluding carboxylic acids is 1. The minimum Gasteiger partial charge on any atom is -0.317 e. The van der Waals surface area contributed by atoms with Crippen molar-refractivity contribution in [2.45, 2.75) is 25.8 Å². The smallest absolute Gasteiger partial charge is 0.177 e. The van der Waals surface area contributed by atoms with Crippen molar-refractivity contribution in [1.29, 1.82) is 0 Å². The van der Waals surface area contributed by atoms with Crippen LogP contribution in [0.2, 0.25) is 0 Å². The molecule has 0 unspecified atom stereocenters. The lowest BCUT2D eigenvalue weighted by atomic mass is 10.0. The molecule has 2 rings (SSSR count). The van der Waals surface area contributed by atoms with E-state index in [-0.39, 0.29) is 5.78 Å². The molecule has 104 valence electrons. The van der Waals surface area contributed by atoms with E-state index in [0.717, 1.165) is 42.5 Å². The fourth-order valence-corrected chi connectivity index (χ4v) is 3.13. The first kappa shape index (κ1) is 14.7. The van der Waals surface area contributed by atoms with E-state index in [0.29, 0.717) is 12.6 Å². The van der Waals surface area contributed by atoms with Gasteiger partial charge in [0.25, 0.3) is 0 Å². The minimum atomic E-state index is 0.202. The second kappa shape index (κ2) is 7.17. The zero-order chi connectivity index (χ0) is 13.7. The number of nitrogens with zero attached hydrogens (tertiary/aromatic N) is 1. The van der Waals surface area contributed by atoms with Gasteiger partial charge in [0.1, 0.15) is 0 Å². The number of piperidine rings is 1. The van der Waals surface area contributed by atoms with Gasteiger partial charge in [0.05, 0.1) is 6.54 Å². The molecule has 4 heteroatoms. The first-order valence-corrected chi connectivity index (χ1v) is 7.74. The normalized spacial score (nSPS) is 16.8. The summed E-state index contributed by atoms with van der Waals surface area (Å²) in [5, 5.41) is 3.37. The molecule has 19 heavy (non-hydrogen) atoms. The molecule has 0 amide bonds. The highest BCUT2D eigenvalue weighted by Gasteiger charge is 2.22. The van der Waals surface area contributed by atoms with E-state index in [2.05, 4.69) is 33.1 Å². The number of rotatable bonds is 5. The van der Waals surface area contributed by atoms with E-state index >= 15 is 0 Å². The van der Waals surface area contributed by atoms with Gasteiger partial charge in [-0.05, 0) is 38.5 Å². The highest BCUT2D eigenvalue weighted by Crippen LogP contribution is 2.18. The number of halogens is 1. The van der Waals surface area contributed by atoms with Crippen LogP contribution >= 0.6 is 15.9 Å². The van der Waals surface area contributed by atoms with E-state index in [1.165, 1.54) is 0 Å². The van der Waals surface area contributed by atoms with Gasteiger partial charge in [0, 0.05) is 16.1 Å². The fourth-order valence-electron chi connectivity index (χ4n) is 2.63. The number of Topliss-reactive ketones (excluding diaryl/α,β-unsaturated/α-hetero) is 1. The van der Waals surface area contributed by atoms with Gasteiger partial charge in [-0.15, -0.1) is 0 Å². The summed E-state index contributed by atoms with van der Waals surface area (Å²) in [6, 6.07) is 8.21. The average Bonchev–Trinajstić information content (AvgIpc) is 2.46. The van der Waals surface area contributed by atoms with Crippen molar-refractivity contribution in [3.05, 3.63) is 34.3 Å². The Morgan fingerprint density at radius 3 is 2.68 bits per heavy atom. The molecule has 0 aliphatic carbocycles. The molecule has 1 saturated heterocycles. The Bertz CT molecular complexity index is 430. The van der Waals surface area contributed by atoms with E-state index in [1.54, 1.807) is 0 Å². The quantitative estimate of drug-likeness (QED) is 0.845. The Morgan fingerprint density at radius 1 is 1.37 bits per heavy atom. The molecule has 1 aliphatic rings. The number of hydrogen-bond acceptors (Lipinski definition) is 3. The number of likely N-dealkylation sites (N-methyl/N-ethyl adjacent to an activating group) is 1. The maximum Gasteiger partial charge on any atom is 0.177 e. The molecule has 0 radical (unpaired) electrons. The van der Waals surface area contributed by atoms with E-state index in [9.17, 15) is 4.79 Å². The van der Waals surface area contributed by atoms with Crippen molar-refractivity contribution in [1.82, 2.24) is 10.2 Å². The number of ketones is 1. The zero-order valence-electron chi connectivity index (χ0n) is 11.4. The van der Waals surface area contributed by atoms with E-state index in [4.69, 9.17) is 0 Å². The lowest BCUT2D eigenvalue weighted by Gasteiger charge is -2.33. The van der Waals surface area contributed by atoms with Gasteiger partial charge in [-0.3, -0.25) is 9.69 Å². The van der Waals surface area contributed by atoms with Gasteiger partial charge >= 0.3 is 0 Å². The van der Waals surface area contributed by atoms with Gasteiger partial charge in [0.2, 0.25) is 0 Å². The van der Waals surface area contributed by atoms with Gasteiger partial charge < -0.3 is 5.32 Å². The minimum absolute atomic E-state index is 0.202. The summed E-state index contributed by atoms with van der Waals surface area (Å²) in [6.45, 7) is 5.70. The van der Waals surface area contributed by atoms with Crippen LogP contribution in [-0.2, 0) is 0 Å². The first-order valence-electron chi connectivity index (χ1n) is 6.95. The second-order valence-electron chi connectivity index (χ2n) is 4.95. The lowest BCUT2D eigenvalue weighted by molar-refractivity contribution is 0.0873. The number of hydrogen-bond donors (Lipinski definition) is 1. The van der Waals surface area contributed by atoms with Crippen molar-refractivity contribution in [2.24, 2.45) is 0 Å². The fraction of sp³-hybridized carbons (Fsp3) is 0.533. The molecule has 0 spiro atoms. The van der Waals surface area contributed by atoms with Gasteiger partial charge in [-0.2, -0.15) is 0 Å². The van der Waals surface area contributed by atoms with Crippen molar-refractivity contribution in [2.75, 3.05) is 26.2 Å². The first-order chi connectivity index (χ1) is 9.22. The van der Waals surface area contributed by atoms with Gasteiger partial charge in [-0.25, -0.2) is 0 Å².